The summed E-state index contributed by atoms with van der Waals surface area (Å²) in [7, 11) is 0. The summed E-state index contributed by atoms with van der Waals surface area (Å²) < 4.78 is 4.71. The normalized spacial score (nSPS) is 18.6. The van der Waals surface area contributed by atoms with Crippen LogP contribution in [0.5, 0.6) is 0 Å². The second-order valence-electron chi connectivity index (χ2n) is 3.62. The first-order valence-electron chi connectivity index (χ1n) is 5.04. The third kappa shape index (κ3) is 2.64. The highest BCUT2D eigenvalue weighted by Crippen LogP contribution is 2.29. The van der Waals surface area contributed by atoms with Gasteiger partial charge in [0.15, 0.2) is 5.82 Å². The van der Waals surface area contributed by atoms with Crippen LogP contribution in [-0.2, 0) is 5.75 Å². The fourth-order valence-corrected chi connectivity index (χ4v) is 2.92. The van der Waals surface area contributed by atoms with Crippen molar-refractivity contribution in [3.8, 4) is 0 Å². The van der Waals surface area contributed by atoms with Crippen LogP contribution < -0.4 is 5.73 Å². The summed E-state index contributed by atoms with van der Waals surface area (Å²) in [5.74, 6) is 1.55. The van der Waals surface area contributed by atoms with Crippen LogP contribution in [0.15, 0.2) is 4.52 Å². The van der Waals surface area contributed by atoms with Crippen LogP contribution in [0.3, 0.4) is 0 Å². The molecule has 1 aliphatic carbocycles. The van der Waals surface area contributed by atoms with E-state index in [1.54, 1.807) is 0 Å². The molecule has 0 aliphatic heterocycles. The number of hydrogen-bond acceptors (Lipinski definition) is 5. The van der Waals surface area contributed by atoms with Crippen molar-refractivity contribution in [1.82, 2.24) is 10.1 Å². The quantitative estimate of drug-likeness (QED) is 0.834. The second kappa shape index (κ2) is 4.68. The van der Waals surface area contributed by atoms with Crippen LogP contribution in [0.2, 0.25) is 0 Å². The molecule has 1 saturated carbocycles. The average Bonchev–Trinajstić information content (AvgIpc) is 2.63. The second-order valence-corrected chi connectivity index (χ2v) is 4.91. The minimum absolute atomic E-state index is 0.171. The van der Waals surface area contributed by atoms with Gasteiger partial charge < -0.3 is 10.3 Å². The molecule has 2 rings (SSSR count). The Labute approximate surface area is 87.6 Å². The summed E-state index contributed by atoms with van der Waals surface area (Å²) in [4.78, 5) is 3.97. The Morgan fingerprint density at radius 3 is 2.79 bits per heavy atom. The van der Waals surface area contributed by atoms with E-state index in [9.17, 15) is 0 Å². The highest BCUT2D eigenvalue weighted by Gasteiger charge is 2.14. The number of nitrogen functional groups attached to an aromatic ring is 1. The van der Waals surface area contributed by atoms with E-state index in [0.29, 0.717) is 0 Å². The Kier molecular flexibility index (Phi) is 3.29. The molecule has 0 saturated heterocycles. The summed E-state index contributed by atoms with van der Waals surface area (Å²) in [6, 6.07) is 0.171. The van der Waals surface area contributed by atoms with Crippen LogP contribution in [0.1, 0.15) is 37.9 Å². The standard InChI is InChI=1S/C9H15N3OS/c10-9-11-8(12-13-9)6-14-7-4-2-1-3-5-7/h7H,1-6H2,(H2,10,11,12). The summed E-state index contributed by atoms with van der Waals surface area (Å²) in [5.41, 5.74) is 5.34. The maximum atomic E-state index is 5.34. The predicted octanol–water partition coefficient (Wildman–Crippen LogP) is 2.22. The average molecular weight is 213 g/mol. The van der Waals surface area contributed by atoms with Crippen LogP contribution in [0.25, 0.3) is 0 Å². The molecule has 1 heterocycles. The minimum atomic E-state index is 0.171. The SMILES string of the molecule is Nc1nc(CSC2CCCCC2)no1. The molecule has 0 aromatic carbocycles. The van der Waals surface area contributed by atoms with Crippen molar-refractivity contribution >= 4 is 17.8 Å². The van der Waals surface area contributed by atoms with Gasteiger partial charge in [-0.3, -0.25) is 0 Å². The fourth-order valence-electron chi connectivity index (χ4n) is 1.75. The highest BCUT2D eigenvalue weighted by molar-refractivity contribution is 7.99. The Morgan fingerprint density at radius 1 is 1.36 bits per heavy atom. The minimum Gasteiger partial charge on any atom is -0.351 e. The van der Waals surface area contributed by atoms with Gasteiger partial charge in [-0.15, -0.1) is 0 Å². The molecule has 5 heteroatoms. The molecular formula is C9H15N3OS. The maximum Gasteiger partial charge on any atom is 0.318 e. The van der Waals surface area contributed by atoms with Crippen molar-refractivity contribution in [2.24, 2.45) is 0 Å². The number of hydrogen-bond donors (Lipinski definition) is 1. The third-order valence-electron chi connectivity index (χ3n) is 2.48. The monoisotopic (exact) mass is 213 g/mol. The zero-order chi connectivity index (χ0) is 9.80. The molecule has 14 heavy (non-hydrogen) atoms. The van der Waals surface area contributed by atoms with Crippen LogP contribution in [-0.4, -0.2) is 15.4 Å². The third-order valence-corrected chi connectivity index (χ3v) is 3.85. The zero-order valence-electron chi connectivity index (χ0n) is 8.11. The molecular weight excluding hydrogens is 198 g/mol. The van der Waals surface area contributed by atoms with E-state index >= 15 is 0 Å². The topological polar surface area (TPSA) is 64.9 Å². The van der Waals surface area contributed by atoms with Crippen LogP contribution in [0, 0.1) is 0 Å². The molecule has 0 amide bonds. The Hall–Kier alpha value is -0.710. The lowest BCUT2D eigenvalue weighted by Gasteiger charge is -2.19. The molecule has 1 fully saturated rings. The van der Waals surface area contributed by atoms with E-state index in [-0.39, 0.29) is 6.01 Å². The molecule has 0 atom stereocenters. The molecule has 0 radical (unpaired) electrons. The lowest BCUT2D eigenvalue weighted by Crippen LogP contribution is -2.08. The van der Waals surface area contributed by atoms with Crippen molar-refractivity contribution in [1.29, 1.82) is 0 Å². The molecule has 1 aliphatic rings. The summed E-state index contributed by atoms with van der Waals surface area (Å²) in [6.07, 6.45) is 6.79. The lowest BCUT2D eigenvalue weighted by atomic mass is 10.0. The van der Waals surface area contributed by atoms with Gasteiger partial charge in [0.1, 0.15) is 0 Å². The highest BCUT2D eigenvalue weighted by atomic mass is 32.2. The molecule has 1 aromatic rings. The van der Waals surface area contributed by atoms with E-state index in [4.69, 9.17) is 10.3 Å². The van der Waals surface area contributed by atoms with Crippen molar-refractivity contribution in [3.05, 3.63) is 5.82 Å². The number of rotatable bonds is 3. The van der Waals surface area contributed by atoms with E-state index in [1.165, 1.54) is 32.1 Å². The molecule has 2 N–H and O–H groups in total. The van der Waals surface area contributed by atoms with Gasteiger partial charge in [-0.05, 0) is 12.8 Å². The lowest BCUT2D eigenvalue weighted by molar-refractivity contribution is 0.429. The zero-order valence-corrected chi connectivity index (χ0v) is 8.92. The Balaban J connectivity index is 1.76. The Morgan fingerprint density at radius 2 is 2.14 bits per heavy atom. The predicted molar refractivity (Wildman–Crippen MR) is 56.9 cm³/mol. The summed E-state index contributed by atoms with van der Waals surface area (Å²) >= 11 is 1.92. The smallest absolute Gasteiger partial charge is 0.318 e. The van der Waals surface area contributed by atoms with Crippen LogP contribution >= 0.6 is 11.8 Å². The van der Waals surface area contributed by atoms with Crippen molar-refractivity contribution < 1.29 is 4.52 Å². The molecule has 0 bridgehead atoms. The maximum absolute atomic E-state index is 5.34. The largest absolute Gasteiger partial charge is 0.351 e. The van der Waals surface area contributed by atoms with E-state index in [1.807, 2.05) is 11.8 Å². The number of aromatic nitrogens is 2. The number of nitrogens with two attached hydrogens (primary N) is 1. The van der Waals surface area contributed by atoms with Crippen molar-refractivity contribution in [2.75, 3.05) is 5.73 Å². The number of nitrogens with zero attached hydrogens (tertiary/aromatic N) is 2. The van der Waals surface area contributed by atoms with E-state index in [0.717, 1.165) is 16.8 Å². The van der Waals surface area contributed by atoms with E-state index in [2.05, 4.69) is 10.1 Å². The summed E-state index contributed by atoms with van der Waals surface area (Å²) in [6.45, 7) is 0. The molecule has 0 unspecified atom stereocenters. The van der Waals surface area contributed by atoms with Crippen LogP contribution in [0.4, 0.5) is 6.01 Å². The molecule has 1 aromatic heterocycles. The van der Waals surface area contributed by atoms with Crippen molar-refractivity contribution in [3.63, 3.8) is 0 Å². The summed E-state index contributed by atoms with van der Waals surface area (Å²) in [5, 5.41) is 4.55. The molecule has 78 valence electrons. The van der Waals surface area contributed by atoms with Gasteiger partial charge in [0, 0.05) is 5.25 Å². The van der Waals surface area contributed by atoms with Crippen molar-refractivity contribution in [2.45, 2.75) is 43.1 Å². The number of thioether (sulfide) groups is 1. The van der Waals surface area contributed by atoms with Gasteiger partial charge >= 0.3 is 6.01 Å². The first kappa shape index (κ1) is 9.83. The van der Waals surface area contributed by atoms with Gasteiger partial charge in [-0.1, -0.05) is 24.4 Å². The Bertz CT molecular complexity index is 283. The van der Waals surface area contributed by atoms with Gasteiger partial charge in [0.25, 0.3) is 0 Å². The first-order valence-corrected chi connectivity index (χ1v) is 6.09. The van der Waals surface area contributed by atoms with Gasteiger partial charge in [0.2, 0.25) is 0 Å². The van der Waals surface area contributed by atoms with Gasteiger partial charge in [-0.25, -0.2) is 0 Å². The van der Waals surface area contributed by atoms with Gasteiger partial charge in [0.05, 0.1) is 5.75 Å². The molecule has 0 spiro atoms. The van der Waals surface area contributed by atoms with Gasteiger partial charge in [-0.2, -0.15) is 16.7 Å². The van der Waals surface area contributed by atoms with E-state index < -0.39 is 0 Å². The number of anilines is 1. The fraction of sp³-hybridized carbons (Fsp3) is 0.778. The first-order chi connectivity index (χ1) is 6.84. The molecule has 4 nitrogen and oxygen atoms in total.